The van der Waals surface area contributed by atoms with Gasteiger partial charge in [-0.2, -0.15) is 14.6 Å². The SMILES string of the molecule is C[C@H]1CCCN(S(=O)(=O)c2ccc(-c3nc(C#N)c(N4C[C@@H](C)O[C@@H](C)C4)o3)cc2)C1. The molecule has 166 valence electrons. The van der Waals surface area contributed by atoms with E-state index in [2.05, 4.69) is 18.0 Å². The fraction of sp³-hybridized carbons (Fsp3) is 0.545. The summed E-state index contributed by atoms with van der Waals surface area (Å²) < 4.78 is 39.2. The fourth-order valence-electron chi connectivity index (χ4n) is 4.35. The van der Waals surface area contributed by atoms with Crippen LogP contribution in [0.2, 0.25) is 0 Å². The molecule has 2 aliphatic heterocycles. The zero-order valence-corrected chi connectivity index (χ0v) is 18.9. The number of rotatable bonds is 4. The van der Waals surface area contributed by atoms with E-state index in [0.717, 1.165) is 12.8 Å². The van der Waals surface area contributed by atoms with E-state index < -0.39 is 10.0 Å². The number of hydrogen-bond donors (Lipinski definition) is 0. The Morgan fingerprint density at radius 1 is 1.10 bits per heavy atom. The lowest BCUT2D eigenvalue weighted by atomic mass is 10.0. The molecule has 0 bridgehead atoms. The predicted octanol–water partition coefficient (Wildman–Crippen LogP) is 3.25. The van der Waals surface area contributed by atoms with E-state index in [-0.39, 0.29) is 22.8 Å². The third kappa shape index (κ3) is 4.47. The largest absolute Gasteiger partial charge is 0.419 e. The van der Waals surface area contributed by atoms with Crippen molar-refractivity contribution in [3.05, 3.63) is 30.0 Å². The Kier molecular flexibility index (Phi) is 6.06. The molecule has 0 spiro atoms. The molecule has 2 aliphatic rings. The summed E-state index contributed by atoms with van der Waals surface area (Å²) in [5, 5.41) is 9.54. The van der Waals surface area contributed by atoms with E-state index in [0.29, 0.717) is 49.4 Å². The second kappa shape index (κ2) is 8.61. The normalized spacial score (nSPS) is 25.4. The number of nitriles is 1. The number of hydrogen-bond acceptors (Lipinski definition) is 7. The molecule has 1 aromatic carbocycles. The summed E-state index contributed by atoms with van der Waals surface area (Å²) >= 11 is 0. The molecule has 2 aromatic rings. The van der Waals surface area contributed by atoms with Gasteiger partial charge < -0.3 is 14.1 Å². The Morgan fingerprint density at radius 3 is 2.39 bits per heavy atom. The first kappa shape index (κ1) is 21.8. The van der Waals surface area contributed by atoms with Crippen molar-refractivity contribution in [1.29, 1.82) is 5.26 Å². The first-order valence-electron chi connectivity index (χ1n) is 10.7. The lowest BCUT2D eigenvalue weighted by molar-refractivity contribution is -0.00638. The van der Waals surface area contributed by atoms with Crippen LogP contribution in [0.4, 0.5) is 5.88 Å². The number of benzene rings is 1. The molecular formula is C22H28N4O4S. The van der Waals surface area contributed by atoms with Crippen molar-refractivity contribution in [2.24, 2.45) is 5.92 Å². The molecule has 2 fully saturated rings. The Bertz CT molecular complexity index is 1060. The monoisotopic (exact) mass is 444 g/mol. The van der Waals surface area contributed by atoms with Gasteiger partial charge in [-0.3, -0.25) is 0 Å². The van der Waals surface area contributed by atoms with Crippen LogP contribution >= 0.6 is 0 Å². The van der Waals surface area contributed by atoms with Crippen molar-refractivity contribution < 1.29 is 17.6 Å². The molecule has 0 radical (unpaired) electrons. The van der Waals surface area contributed by atoms with Gasteiger partial charge in [0.1, 0.15) is 6.07 Å². The highest BCUT2D eigenvalue weighted by Crippen LogP contribution is 2.31. The summed E-state index contributed by atoms with van der Waals surface area (Å²) in [6.07, 6.45) is 1.98. The maximum atomic E-state index is 13.0. The summed E-state index contributed by atoms with van der Waals surface area (Å²) in [4.78, 5) is 6.58. The lowest BCUT2D eigenvalue weighted by Crippen LogP contribution is -2.45. The van der Waals surface area contributed by atoms with Crippen LogP contribution in [0.25, 0.3) is 11.5 Å². The topological polar surface area (TPSA) is 99.7 Å². The van der Waals surface area contributed by atoms with Gasteiger partial charge in [-0.15, -0.1) is 0 Å². The summed E-state index contributed by atoms with van der Waals surface area (Å²) in [6.45, 7) is 8.36. The lowest BCUT2D eigenvalue weighted by Gasteiger charge is -2.34. The Hall–Kier alpha value is -2.41. The number of sulfonamides is 1. The van der Waals surface area contributed by atoms with Crippen molar-refractivity contribution in [2.75, 3.05) is 31.1 Å². The van der Waals surface area contributed by atoms with Crippen molar-refractivity contribution in [3.8, 4) is 17.5 Å². The first-order chi connectivity index (χ1) is 14.8. The highest BCUT2D eigenvalue weighted by Gasteiger charge is 2.30. The van der Waals surface area contributed by atoms with Crippen LogP contribution in [0.3, 0.4) is 0 Å². The molecular weight excluding hydrogens is 416 g/mol. The second-order valence-corrected chi connectivity index (χ2v) is 10.5. The van der Waals surface area contributed by atoms with E-state index in [1.807, 2.05) is 18.7 Å². The second-order valence-electron chi connectivity index (χ2n) is 8.58. The van der Waals surface area contributed by atoms with Gasteiger partial charge in [0.25, 0.3) is 0 Å². The molecule has 31 heavy (non-hydrogen) atoms. The molecule has 3 heterocycles. The van der Waals surface area contributed by atoms with Gasteiger partial charge in [0.15, 0.2) is 0 Å². The summed E-state index contributed by atoms with van der Waals surface area (Å²) in [5.41, 5.74) is 0.846. The smallest absolute Gasteiger partial charge is 0.243 e. The van der Waals surface area contributed by atoms with Crippen molar-refractivity contribution in [1.82, 2.24) is 9.29 Å². The Labute approximate surface area is 183 Å². The number of anilines is 1. The summed E-state index contributed by atoms with van der Waals surface area (Å²) in [7, 11) is -3.52. The highest BCUT2D eigenvalue weighted by molar-refractivity contribution is 7.89. The van der Waals surface area contributed by atoms with Crippen LogP contribution < -0.4 is 4.90 Å². The van der Waals surface area contributed by atoms with Gasteiger partial charge in [0.05, 0.1) is 17.1 Å². The van der Waals surface area contributed by atoms with E-state index >= 15 is 0 Å². The number of morpholine rings is 1. The maximum Gasteiger partial charge on any atom is 0.243 e. The van der Waals surface area contributed by atoms with Gasteiger partial charge in [-0.1, -0.05) is 6.92 Å². The number of ether oxygens (including phenoxy) is 1. The zero-order valence-electron chi connectivity index (χ0n) is 18.1. The fourth-order valence-corrected chi connectivity index (χ4v) is 5.95. The minimum atomic E-state index is -3.52. The third-order valence-electron chi connectivity index (χ3n) is 5.78. The molecule has 1 aromatic heterocycles. The summed E-state index contributed by atoms with van der Waals surface area (Å²) in [6, 6.07) is 8.63. The number of piperidine rings is 1. The van der Waals surface area contributed by atoms with Gasteiger partial charge in [-0.25, -0.2) is 8.42 Å². The van der Waals surface area contributed by atoms with Crippen LogP contribution in [0.15, 0.2) is 33.6 Å². The molecule has 4 rings (SSSR count). The van der Waals surface area contributed by atoms with Crippen LogP contribution in [0.5, 0.6) is 0 Å². The Morgan fingerprint density at radius 2 is 1.77 bits per heavy atom. The standard InChI is InChI=1S/C22H28N4O4S/c1-15-5-4-10-26(12-15)31(27,28)19-8-6-18(7-9-19)21-24-20(11-23)22(30-21)25-13-16(2)29-17(3)14-25/h6-9,15-17H,4-5,10,12-14H2,1-3H3/t15-,16-,17+/m0/s1. The summed E-state index contributed by atoms with van der Waals surface area (Å²) in [5.74, 6) is 1.09. The number of oxazole rings is 1. The van der Waals surface area contributed by atoms with Crippen LogP contribution in [0.1, 0.15) is 39.3 Å². The molecule has 0 unspecified atom stereocenters. The minimum Gasteiger partial charge on any atom is -0.419 e. The van der Waals surface area contributed by atoms with Crippen LogP contribution in [-0.4, -0.2) is 56.1 Å². The van der Waals surface area contributed by atoms with Crippen LogP contribution in [-0.2, 0) is 14.8 Å². The molecule has 9 heteroatoms. The van der Waals surface area contributed by atoms with Crippen molar-refractivity contribution in [3.63, 3.8) is 0 Å². The Balaban J connectivity index is 1.58. The van der Waals surface area contributed by atoms with Gasteiger partial charge >= 0.3 is 0 Å². The van der Waals surface area contributed by atoms with Gasteiger partial charge in [0.2, 0.25) is 27.5 Å². The predicted molar refractivity (Wildman–Crippen MR) is 116 cm³/mol. The molecule has 0 amide bonds. The molecule has 2 saturated heterocycles. The average molecular weight is 445 g/mol. The third-order valence-corrected chi connectivity index (χ3v) is 7.66. The first-order valence-corrected chi connectivity index (χ1v) is 12.1. The average Bonchev–Trinajstić information content (AvgIpc) is 3.18. The number of nitrogens with zero attached hydrogens (tertiary/aromatic N) is 4. The van der Waals surface area contributed by atoms with Gasteiger partial charge in [0, 0.05) is 31.7 Å². The zero-order chi connectivity index (χ0) is 22.2. The number of aromatic nitrogens is 1. The van der Waals surface area contributed by atoms with Gasteiger partial charge in [-0.05, 0) is 56.9 Å². The van der Waals surface area contributed by atoms with E-state index in [1.54, 1.807) is 28.6 Å². The quantitative estimate of drug-likeness (QED) is 0.714. The molecule has 0 N–H and O–H groups in total. The molecule has 0 aliphatic carbocycles. The van der Waals surface area contributed by atoms with E-state index in [9.17, 15) is 13.7 Å². The molecule has 8 nitrogen and oxygen atoms in total. The maximum absolute atomic E-state index is 13.0. The highest BCUT2D eigenvalue weighted by atomic mass is 32.2. The van der Waals surface area contributed by atoms with Crippen LogP contribution in [0, 0.1) is 17.2 Å². The molecule has 3 atom stereocenters. The van der Waals surface area contributed by atoms with E-state index in [1.165, 1.54) is 0 Å². The minimum absolute atomic E-state index is 0.0193. The van der Waals surface area contributed by atoms with E-state index in [4.69, 9.17) is 9.15 Å². The van der Waals surface area contributed by atoms with Crippen molar-refractivity contribution in [2.45, 2.75) is 50.7 Å². The molecule has 0 saturated carbocycles. The van der Waals surface area contributed by atoms with Crippen molar-refractivity contribution >= 4 is 15.9 Å².